The van der Waals surface area contributed by atoms with E-state index in [2.05, 4.69) is 32.4 Å². The first-order chi connectivity index (χ1) is 17.0. The van der Waals surface area contributed by atoms with Crippen LogP contribution < -0.4 is 4.74 Å². The van der Waals surface area contributed by atoms with Crippen LogP contribution in [-0.4, -0.2) is 21.9 Å². The van der Waals surface area contributed by atoms with E-state index in [1.54, 1.807) is 0 Å². The average molecular weight is 499 g/mol. The zero-order valence-electron chi connectivity index (χ0n) is 22.2. The Bertz CT molecular complexity index is 994. The van der Waals surface area contributed by atoms with Gasteiger partial charge in [0.25, 0.3) is 5.69 Å². The van der Waals surface area contributed by atoms with E-state index in [0.717, 1.165) is 47.4 Å². The molecule has 0 heterocycles. The molecule has 1 aromatic carbocycles. The van der Waals surface area contributed by atoms with Crippen LogP contribution in [0.25, 0.3) is 0 Å². The predicted octanol–water partition coefficient (Wildman–Crippen LogP) is 7.97. The van der Waals surface area contributed by atoms with Crippen molar-refractivity contribution in [2.45, 2.75) is 85.5 Å². The van der Waals surface area contributed by atoms with Gasteiger partial charge in [-0.05, 0) is 111 Å². The Morgan fingerprint density at radius 2 is 1.67 bits per heavy atom. The fourth-order valence-electron chi connectivity index (χ4n) is 8.92. The molecule has 7 heteroatoms. The molecular formula is C29H42N2O5. The molecule has 0 aromatic heterocycles. The van der Waals surface area contributed by atoms with Crippen LogP contribution >= 0.6 is 0 Å². The third-order valence-electron chi connectivity index (χ3n) is 10.7. The first-order valence-corrected chi connectivity index (χ1v) is 13.7. The number of ether oxygens (including phenoxy) is 1. The number of carbonyl (C=O) groups is 1. The predicted molar refractivity (Wildman–Crippen MR) is 140 cm³/mol. The molecule has 4 fully saturated rings. The highest BCUT2D eigenvalue weighted by molar-refractivity contribution is 5.82. The van der Waals surface area contributed by atoms with E-state index >= 15 is 0 Å². The first-order valence-electron chi connectivity index (χ1n) is 13.7. The van der Waals surface area contributed by atoms with Crippen molar-refractivity contribution in [3.05, 3.63) is 34.4 Å². The maximum Gasteiger partial charge on any atom is 0.511 e. The zero-order valence-corrected chi connectivity index (χ0v) is 22.2. The van der Waals surface area contributed by atoms with Gasteiger partial charge in [-0.1, -0.05) is 27.2 Å². The fourth-order valence-corrected chi connectivity index (χ4v) is 8.92. The Balaban J connectivity index is 0.000000200. The summed E-state index contributed by atoms with van der Waals surface area (Å²) in [6.45, 7) is 9.79. The Labute approximate surface area is 214 Å². The molecule has 0 spiro atoms. The topological polar surface area (TPSA) is 114 Å². The van der Waals surface area contributed by atoms with Crippen molar-refractivity contribution in [3.8, 4) is 5.75 Å². The van der Waals surface area contributed by atoms with Gasteiger partial charge in [-0.25, -0.2) is 4.79 Å². The second-order valence-corrected chi connectivity index (χ2v) is 12.5. The molecule has 4 saturated carbocycles. The Kier molecular flexibility index (Phi) is 7.50. The summed E-state index contributed by atoms with van der Waals surface area (Å²) < 4.78 is 4.24. The van der Waals surface area contributed by atoms with E-state index in [1.807, 2.05) is 0 Å². The quantitative estimate of drug-likeness (QED) is 0.144. The number of rotatable bonds is 3. The summed E-state index contributed by atoms with van der Waals surface area (Å²) in [4.78, 5) is 19.6. The molecule has 8 atom stereocenters. The van der Waals surface area contributed by atoms with Gasteiger partial charge < -0.3 is 15.3 Å². The van der Waals surface area contributed by atoms with Crippen molar-refractivity contribution in [3.63, 3.8) is 0 Å². The van der Waals surface area contributed by atoms with Crippen LogP contribution in [0.1, 0.15) is 85.5 Å². The Morgan fingerprint density at radius 1 is 1.03 bits per heavy atom. The highest BCUT2D eigenvalue weighted by atomic mass is 16.7. The smallest absolute Gasteiger partial charge is 0.449 e. The number of nitro groups is 1. The molecule has 0 radical (unpaired) electrons. The summed E-state index contributed by atoms with van der Waals surface area (Å²) in [5.74, 6) is 5.52. The van der Waals surface area contributed by atoms with Crippen LogP contribution in [-0.2, 0) is 0 Å². The van der Waals surface area contributed by atoms with Gasteiger partial charge in [-0.2, -0.15) is 0 Å². The molecule has 7 nitrogen and oxygen atoms in total. The summed E-state index contributed by atoms with van der Waals surface area (Å²) in [5, 5.41) is 26.7. The molecule has 4 aliphatic carbocycles. The van der Waals surface area contributed by atoms with E-state index in [-0.39, 0.29) is 11.4 Å². The van der Waals surface area contributed by atoms with Gasteiger partial charge in [0.15, 0.2) is 0 Å². The van der Waals surface area contributed by atoms with E-state index in [1.165, 1.54) is 69.9 Å². The van der Waals surface area contributed by atoms with Crippen LogP contribution in [0.15, 0.2) is 24.3 Å². The monoisotopic (exact) mass is 498 g/mol. The molecule has 8 unspecified atom stereocenters. The van der Waals surface area contributed by atoms with Crippen molar-refractivity contribution in [2.24, 2.45) is 46.3 Å². The maximum absolute atomic E-state index is 10.2. The second kappa shape index (κ2) is 10.1. The summed E-state index contributed by atoms with van der Waals surface area (Å²) >= 11 is 0. The largest absolute Gasteiger partial charge is 0.511 e. The number of nitrogens with zero attached hydrogens (tertiary/aromatic N) is 1. The molecule has 1 aromatic rings. The lowest BCUT2D eigenvalue weighted by molar-refractivity contribution is -0.384. The molecule has 198 valence electrons. The van der Waals surface area contributed by atoms with Gasteiger partial charge in [-0.15, -0.1) is 0 Å². The number of carboxylic acid groups (broad SMARTS) is 1. The van der Waals surface area contributed by atoms with E-state index in [4.69, 9.17) is 10.5 Å². The van der Waals surface area contributed by atoms with Crippen LogP contribution in [0, 0.1) is 61.9 Å². The SMILES string of the molecule is CC(=N)C1CCC2C3CCC4CC(C)CCC4(C)C3CCC12C.O=C(O)Oc1ccc([N+](=O)[O-])cc1. The lowest BCUT2D eigenvalue weighted by Crippen LogP contribution is -2.53. The van der Waals surface area contributed by atoms with Crippen molar-refractivity contribution in [2.75, 3.05) is 0 Å². The average Bonchev–Trinajstić information content (AvgIpc) is 3.17. The van der Waals surface area contributed by atoms with Crippen molar-refractivity contribution < 1.29 is 19.6 Å². The summed E-state index contributed by atoms with van der Waals surface area (Å²) in [7, 11) is 0. The third kappa shape index (κ3) is 4.90. The third-order valence-corrected chi connectivity index (χ3v) is 10.7. The number of nitro benzene ring substituents is 1. The molecule has 0 saturated heterocycles. The fraction of sp³-hybridized carbons (Fsp3) is 0.724. The van der Waals surface area contributed by atoms with Gasteiger partial charge in [0.2, 0.25) is 0 Å². The summed E-state index contributed by atoms with van der Waals surface area (Å²) in [6, 6.07) is 4.76. The molecule has 2 N–H and O–H groups in total. The normalized spacial score (nSPS) is 38.9. The molecule has 36 heavy (non-hydrogen) atoms. The molecule has 0 aliphatic heterocycles. The van der Waals surface area contributed by atoms with Gasteiger partial charge in [0.1, 0.15) is 5.75 Å². The van der Waals surface area contributed by atoms with Gasteiger partial charge >= 0.3 is 6.16 Å². The van der Waals surface area contributed by atoms with E-state index < -0.39 is 11.1 Å². The highest BCUT2D eigenvalue weighted by Crippen LogP contribution is 2.67. The van der Waals surface area contributed by atoms with Gasteiger partial charge in [-0.3, -0.25) is 10.1 Å². The summed E-state index contributed by atoms with van der Waals surface area (Å²) in [5.41, 5.74) is 1.96. The number of hydrogen-bond donors (Lipinski definition) is 2. The molecular weight excluding hydrogens is 456 g/mol. The minimum Gasteiger partial charge on any atom is -0.449 e. The number of benzene rings is 1. The molecule has 0 amide bonds. The van der Waals surface area contributed by atoms with Crippen molar-refractivity contribution in [1.29, 1.82) is 5.41 Å². The van der Waals surface area contributed by atoms with Crippen LogP contribution in [0.5, 0.6) is 5.75 Å². The van der Waals surface area contributed by atoms with E-state index in [0.29, 0.717) is 16.7 Å². The van der Waals surface area contributed by atoms with Crippen LogP contribution in [0.3, 0.4) is 0 Å². The lowest BCUT2D eigenvalue weighted by atomic mass is 9.44. The van der Waals surface area contributed by atoms with Crippen LogP contribution in [0.4, 0.5) is 10.5 Å². The lowest BCUT2D eigenvalue weighted by Gasteiger charge is -2.61. The zero-order chi connectivity index (χ0) is 26.3. The maximum atomic E-state index is 10.2. The van der Waals surface area contributed by atoms with Crippen molar-refractivity contribution >= 4 is 17.6 Å². The number of non-ortho nitro benzene ring substituents is 1. The minimum absolute atomic E-state index is 0.0538. The first kappa shape index (κ1) is 26.6. The molecule has 0 bridgehead atoms. The number of hydrogen-bond acceptors (Lipinski definition) is 5. The van der Waals surface area contributed by atoms with Gasteiger partial charge in [0.05, 0.1) is 4.92 Å². The molecule has 5 rings (SSSR count). The molecule has 4 aliphatic rings. The second-order valence-electron chi connectivity index (χ2n) is 12.5. The van der Waals surface area contributed by atoms with Gasteiger partial charge in [0, 0.05) is 23.8 Å². The Morgan fingerprint density at radius 3 is 2.28 bits per heavy atom. The summed E-state index contributed by atoms with van der Waals surface area (Å²) in [6.07, 6.45) is 11.6. The number of nitrogens with one attached hydrogen (secondary N) is 1. The Hall–Kier alpha value is -2.44. The standard InChI is InChI=1S/C22H37N.C7H5NO5/c1-14-9-11-21(3)16(13-14)5-6-17-19-8-7-18(15(2)23)22(19,4)12-10-20(17)21;9-7(10)13-6-3-1-5(2-4-6)8(11)12/h14,16-20,23H,5-13H2,1-4H3;1-4H,(H,9,10). The van der Waals surface area contributed by atoms with Crippen molar-refractivity contribution in [1.82, 2.24) is 0 Å². The van der Waals surface area contributed by atoms with E-state index in [9.17, 15) is 14.9 Å². The van der Waals surface area contributed by atoms with Crippen LogP contribution in [0.2, 0.25) is 0 Å². The highest BCUT2D eigenvalue weighted by Gasteiger charge is 2.60. The minimum atomic E-state index is -1.45. The number of fused-ring (bicyclic) bond motifs is 5.